The van der Waals surface area contributed by atoms with Crippen LogP contribution in [0.2, 0.25) is 0 Å². The molecule has 1 aromatic carbocycles. The number of aliphatic hydroxyl groups excluding tert-OH is 2. The lowest BCUT2D eigenvalue weighted by Gasteiger charge is -2.17. The van der Waals surface area contributed by atoms with Gasteiger partial charge >= 0.3 is 6.18 Å². The topological polar surface area (TPSA) is 89.2 Å². The third-order valence-corrected chi connectivity index (χ3v) is 2.34. The van der Waals surface area contributed by atoms with E-state index in [1.165, 1.54) is 0 Å². The Bertz CT molecular complexity index is 500. The van der Waals surface area contributed by atoms with Crippen LogP contribution in [0.5, 0.6) is 0 Å². The Morgan fingerprint density at radius 2 is 1.95 bits per heavy atom. The molecular weight excluding hydrogens is 270 g/mol. The first-order valence-corrected chi connectivity index (χ1v) is 5.01. The predicted molar refractivity (Wildman–Crippen MR) is 56.4 cm³/mol. The van der Waals surface area contributed by atoms with E-state index in [9.17, 15) is 27.8 Å². The molecule has 19 heavy (non-hydrogen) atoms. The first-order chi connectivity index (χ1) is 8.77. The number of aliphatic hydroxyl groups is 2. The number of azide groups is 1. The molecule has 0 aliphatic rings. The minimum absolute atomic E-state index is 0.221. The second-order valence-electron chi connectivity index (χ2n) is 3.66. The number of rotatable bonds is 4. The van der Waals surface area contributed by atoms with E-state index in [4.69, 9.17) is 5.53 Å². The fourth-order valence-electron chi connectivity index (χ4n) is 1.37. The number of hydrogen-bond acceptors (Lipinski definition) is 3. The van der Waals surface area contributed by atoms with E-state index >= 15 is 0 Å². The van der Waals surface area contributed by atoms with E-state index in [-0.39, 0.29) is 6.07 Å². The molecule has 0 aliphatic carbocycles. The molecule has 2 unspecified atom stereocenters. The Balaban J connectivity index is 2.99. The zero-order valence-electron chi connectivity index (χ0n) is 9.34. The summed E-state index contributed by atoms with van der Waals surface area (Å²) in [5.74, 6) is -1.30. The largest absolute Gasteiger partial charge is 0.416 e. The lowest BCUT2D eigenvalue weighted by atomic mass is 10.0. The molecular formula is C10H9F4N3O2. The van der Waals surface area contributed by atoms with Crippen LogP contribution in [0.4, 0.5) is 17.6 Å². The van der Waals surface area contributed by atoms with E-state index < -0.39 is 41.9 Å². The standard InChI is InChI=1S/C10H9F4N3O2/c11-7-3-5(10(12,13)14)1-2-6(7)9(19)8(18)4-16-17-15/h1-3,8-9,18-19H,4H2. The van der Waals surface area contributed by atoms with Gasteiger partial charge in [0.2, 0.25) is 0 Å². The van der Waals surface area contributed by atoms with Gasteiger partial charge < -0.3 is 10.2 Å². The van der Waals surface area contributed by atoms with Crippen LogP contribution in [0.25, 0.3) is 10.4 Å². The fraction of sp³-hybridized carbons (Fsp3) is 0.400. The molecule has 0 amide bonds. The second-order valence-corrected chi connectivity index (χ2v) is 3.66. The van der Waals surface area contributed by atoms with Crippen molar-refractivity contribution >= 4 is 0 Å². The monoisotopic (exact) mass is 279 g/mol. The van der Waals surface area contributed by atoms with Crippen LogP contribution in [0.1, 0.15) is 17.2 Å². The van der Waals surface area contributed by atoms with Crippen molar-refractivity contribution in [3.63, 3.8) is 0 Å². The summed E-state index contributed by atoms with van der Waals surface area (Å²) in [6.07, 6.45) is -8.09. The zero-order chi connectivity index (χ0) is 14.6. The van der Waals surface area contributed by atoms with Gasteiger partial charge in [0, 0.05) is 10.5 Å². The van der Waals surface area contributed by atoms with Gasteiger partial charge in [-0.05, 0) is 17.7 Å². The average molecular weight is 279 g/mol. The smallest absolute Gasteiger partial charge is 0.390 e. The van der Waals surface area contributed by atoms with Gasteiger partial charge in [0.15, 0.2) is 0 Å². The Kier molecular flexibility index (Phi) is 4.71. The summed E-state index contributed by atoms with van der Waals surface area (Å²) in [5.41, 5.74) is 6.31. The van der Waals surface area contributed by atoms with Gasteiger partial charge in [-0.25, -0.2) is 4.39 Å². The number of nitrogens with zero attached hydrogens (tertiary/aromatic N) is 3. The molecule has 2 atom stereocenters. The Morgan fingerprint density at radius 1 is 1.32 bits per heavy atom. The second kappa shape index (κ2) is 5.87. The van der Waals surface area contributed by atoms with Crippen LogP contribution >= 0.6 is 0 Å². The van der Waals surface area contributed by atoms with Crippen LogP contribution in [0.3, 0.4) is 0 Å². The summed E-state index contributed by atoms with van der Waals surface area (Å²) in [6, 6.07) is 1.53. The van der Waals surface area contributed by atoms with Gasteiger partial charge in [-0.2, -0.15) is 13.2 Å². The lowest BCUT2D eigenvalue weighted by Crippen LogP contribution is -2.22. The van der Waals surface area contributed by atoms with Crippen molar-refractivity contribution in [2.45, 2.75) is 18.4 Å². The van der Waals surface area contributed by atoms with Gasteiger partial charge in [0.1, 0.15) is 11.9 Å². The van der Waals surface area contributed by atoms with Crippen molar-refractivity contribution in [2.75, 3.05) is 6.54 Å². The normalized spacial score (nSPS) is 14.6. The van der Waals surface area contributed by atoms with Crippen molar-refractivity contribution in [3.8, 4) is 0 Å². The van der Waals surface area contributed by atoms with Gasteiger partial charge in [0.05, 0.1) is 18.2 Å². The molecule has 0 aliphatic heterocycles. The minimum Gasteiger partial charge on any atom is -0.390 e. The molecule has 0 heterocycles. The maximum atomic E-state index is 13.4. The Hall–Kier alpha value is -1.83. The van der Waals surface area contributed by atoms with E-state index in [1.54, 1.807) is 0 Å². The third kappa shape index (κ3) is 3.82. The maximum absolute atomic E-state index is 13.4. The highest BCUT2D eigenvalue weighted by Crippen LogP contribution is 2.31. The molecule has 9 heteroatoms. The molecule has 1 aromatic rings. The summed E-state index contributed by atoms with van der Waals surface area (Å²) >= 11 is 0. The lowest BCUT2D eigenvalue weighted by molar-refractivity contribution is -0.137. The van der Waals surface area contributed by atoms with E-state index in [1.807, 2.05) is 0 Å². The van der Waals surface area contributed by atoms with Crippen LogP contribution < -0.4 is 0 Å². The molecule has 0 radical (unpaired) electrons. The molecule has 1 rings (SSSR count). The Morgan fingerprint density at radius 3 is 2.42 bits per heavy atom. The van der Waals surface area contributed by atoms with Gasteiger partial charge in [-0.3, -0.25) is 0 Å². The molecule has 0 saturated heterocycles. The average Bonchev–Trinajstić information content (AvgIpc) is 2.33. The van der Waals surface area contributed by atoms with Gasteiger partial charge in [0.25, 0.3) is 0 Å². The first-order valence-electron chi connectivity index (χ1n) is 5.01. The molecule has 2 N–H and O–H groups in total. The van der Waals surface area contributed by atoms with E-state index in [2.05, 4.69) is 10.0 Å². The third-order valence-electron chi connectivity index (χ3n) is 2.34. The van der Waals surface area contributed by atoms with Crippen LogP contribution in [0.15, 0.2) is 23.3 Å². The van der Waals surface area contributed by atoms with E-state index in [0.29, 0.717) is 6.07 Å². The highest BCUT2D eigenvalue weighted by atomic mass is 19.4. The molecule has 0 saturated carbocycles. The molecule has 5 nitrogen and oxygen atoms in total. The summed E-state index contributed by atoms with van der Waals surface area (Å²) < 4.78 is 50.3. The van der Waals surface area contributed by atoms with Crippen LogP contribution in [-0.2, 0) is 6.18 Å². The first kappa shape index (κ1) is 15.2. The highest BCUT2D eigenvalue weighted by molar-refractivity contribution is 5.28. The van der Waals surface area contributed by atoms with Crippen molar-refractivity contribution in [1.82, 2.24) is 0 Å². The predicted octanol–water partition coefficient (Wildman–Crippen LogP) is 2.55. The number of benzene rings is 1. The Labute approximate surface area is 104 Å². The highest BCUT2D eigenvalue weighted by Gasteiger charge is 2.32. The van der Waals surface area contributed by atoms with Crippen LogP contribution in [-0.4, -0.2) is 22.9 Å². The van der Waals surface area contributed by atoms with E-state index in [0.717, 1.165) is 6.07 Å². The summed E-state index contributed by atoms with van der Waals surface area (Å²) in [4.78, 5) is 2.33. The molecule has 0 spiro atoms. The summed E-state index contributed by atoms with van der Waals surface area (Å²) in [6.45, 7) is -0.530. The number of halogens is 4. The van der Waals surface area contributed by atoms with Gasteiger partial charge in [-0.1, -0.05) is 11.2 Å². The molecule has 0 aromatic heterocycles. The summed E-state index contributed by atoms with van der Waals surface area (Å²) in [5, 5.41) is 21.9. The van der Waals surface area contributed by atoms with Gasteiger partial charge in [-0.15, -0.1) is 0 Å². The van der Waals surface area contributed by atoms with Crippen molar-refractivity contribution < 1.29 is 27.8 Å². The molecule has 0 bridgehead atoms. The van der Waals surface area contributed by atoms with Crippen molar-refractivity contribution in [1.29, 1.82) is 0 Å². The maximum Gasteiger partial charge on any atom is 0.416 e. The van der Waals surface area contributed by atoms with Crippen molar-refractivity contribution in [3.05, 3.63) is 45.6 Å². The zero-order valence-corrected chi connectivity index (χ0v) is 9.34. The fourth-order valence-corrected chi connectivity index (χ4v) is 1.37. The quantitative estimate of drug-likeness (QED) is 0.384. The minimum atomic E-state index is -4.70. The molecule has 0 fully saturated rings. The summed E-state index contributed by atoms with van der Waals surface area (Å²) in [7, 11) is 0. The molecule has 104 valence electrons. The SMILES string of the molecule is [N-]=[N+]=NCC(O)C(O)c1ccc(C(F)(F)F)cc1F. The number of hydrogen-bond donors (Lipinski definition) is 2. The number of alkyl halides is 3. The van der Waals surface area contributed by atoms with Crippen molar-refractivity contribution in [2.24, 2.45) is 5.11 Å². The van der Waals surface area contributed by atoms with Crippen LogP contribution in [0, 0.1) is 5.82 Å².